The number of phenols is 1. The number of hydrogen-bond donors (Lipinski definition) is 5. The lowest BCUT2D eigenvalue weighted by Crippen LogP contribution is -2.58. The SMILES string of the molecule is CN(C)Cc1ccc(-c2cc(N(C)C)c3c(c2O)C(O)=C2C(=O)[C@]4(O)C(O)=C(C(N)=O)C(=O)C[C@@H]4C[C@@H]2C3)o1. The lowest BCUT2D eigenvalue weighted by atomic mass is 9.59. The number of rotatable bonds is 5. The summed E-state index contributed by atoms with van der Waals surface area (Å²) in [6.45, 7) is 0.532. The topological polar surface area (TPSA) is 178 Å². The summed E-state index contributed by atoms with van der Waals surface area (Å²) in [5.74, 6) is -5.57. The normalized spacial score (nSPS) is 24.6. The lowest BCUT2D eigenvalue weighted by molar-refractivity contribution is -0.147. The zero-order valence-corrected chi connectivity index (χ0v) is 22.1. The number of hydrogen-bond acceptors (Lipinski definition) is 10. The van der Waals surface area contributed by atoms with Crippen molar-refractivity contribution in [2.45, 2.75) is 31.4 Å². The van der Waals surface area contributed by atoms with Gasteiger partial charge in [-0.1, -0.05) is 0 Å². The standard InChI is InChI=1S/C28H31N3O8/c1-30(2)11-14-5-6-19(39-14)16-10-17(31(3)4)15-8-12-7-13-9-18(32)22(27(29)37)26(36)28(13,38)25(35)20(12)24(34)21(15)23(16)33/h5-6,10,12-13,33-34,36,38H,7-9,11H2,1-4H3,(H2,29,37)/t12-,13+,28+/m1/s1. The van der Waals surface area contributed by atoms with E-state index in [0.717, 1.165) is 0 Å². The molecule has 1 heterocycles. The van der Waals surface area contributed by atoms with Crippen LogP contribution in [0.1, 0.15) is 29.7 Å². The van der Waals surface area contributed by atoms with Crippen LogP contribution in [0, 0.1) is 11.8 Å². The predicted octanol–water partition coefficient (Wildman–Crippen LogP) is 1.81. The molecule has 0 unspecified atom stereocenters. The van der Waals surface area contributed by atoms with E-state index in [1.807, 2.05) is 38.0 Å². The van der Waals surface area contributed by atoms with Gasteiger partial charge >= 0.3 is 0 Å². The quantitative estimate of drug-likeness (QED) is 0.353. The molecule has 1 aromatic heterocycles. The Morgan fingerprint density at radius 2 is 1.82 bits per heavy atom. The van der Waals surface area contributed by atoms with Crippen LogP contribution >= 0.6 is 0 Å². The van der Waals surface area contributed by atoms with Crippen LogP contribution in [0.5, 0.6) is 5.75 Å². The number of aromatic hydroxyl groups is 1. The summed E-state index contributed by atoms with van der Waals surface area (Å²) in [6.07, 6.45) is -0.0649. The van der Waals surface area contributed by atoms with Gasteiger partial charge in [0.1, 0.15) is 34.4 Å². The number of nitrogens with two attached hydrogens (primary N) is 1. The summed E-state index contributed by atoms with van der Waals surface area (Å²) in [4.78, 5) is 41.9. The smallest absolute Gasteiger partial charge is 0.255 e. The fourth-order valence-corrected chi connectivity index (χ4v) is 6.18. The Balaban J connectivity index is 1.70. The first-order valence-corrected chi connectivity index (χ1v) is 12.5. The number of fused-ring (bicyclic) bond motifs is 3. The van der Waals surface area contributed by atoms with Crippen LogP contribution in [0.3, 0.4) is 0 Å². The molecular weight excluding hydrogens is 506 g/mol. The Kier molecular flexibility index (Phi) is 6.11. The molecule has 1 saturated carbocycles. The number of Topliss-reactive ketones (excluding diaryl/α,β-unsaturated/α-hetero) is 2. The predicted molar refractivity (Wildman–Crippen MR) is 141 cm³/mol. The second-order valence-electron chi connectivity index (χ2n) is 11.0. The van der Waals surface area contributed by atoms with E-state index in [0.29, 0.717) is 34.9 Å². The number of primary amides is 1. The molecule has 1 amide bonds. The number of benzene rings is 1. The van der Waals surface area contributed by atoms with Crippen molar-refractivity contribution in [3.8, 4) is 17.1 Å². The van der Waals surface area contributed by atoms with Crippen molar-refractivity contribution in [2.24, 2.45) is 17.6 Å². The minimum Gasteiger partial charge on any atom is -0.508 e. The maximum Gasteiger partial charge on any atom is 0.255 e. The van der Waals surface area contributed by atoms with Crippen molar-refractivity contribution in [3.63, 3.8) is 0 Å². The van der Waals surface area contributed by atoms with Crippen LogP contribution in [0.25, 0.3) is 17.1 Å². The largest absolute Gasteiger partial charge is 0.508 e. The third-order valence-electron chi connectivity index (χ3n) is 7.92. The molecule has 0 saturated heterocycles. The number of ketones is 2. The van der Waals surface area contributed by atoms with Gasteiger partial charge in [0.15, 0.2) is 11.4 Å². The summed E-state index contributed by atoms with van der Waals surface area (Å²) >= 11 is 0. The average molecular weight is 538 g/mol. The number of carbonyl (C=O) groups is 3. The molecule has 3 atom stereocenters. The van der Waals surface area contributed by atoms with Crippen molar-refractivity contribution in [2.75, 3.05) is 33.1 Å². The Labute approximate surface area is 224 Å². The Morgan fingerprint density at radius 3 is 2.44 bits per heavy atom. The second-order valence-corrected chi connectivity index (χ2v) is 11.0. The molecule has 3 aliphatic rings. The lowest BCUT2D eigenvalue weighted by Gasteiger charge is -2.46. The van der Waals surface area contributed by atoms with Crippen LogP contribution < -0.4 is 10.6 Å². The van der Waals surface area contributed by atoms with E-state index in [2.05, 4.69) is 0 Å². The zero-order chi connectivity index (χ0) is 28.5. The van der Waals surface area contributed by atoms with E-state index in [1.165, 1.54) is 0 Å². The van der Waals surface area contributed by atoms with Crippen LogP contribution in [0.2, 0.25) is 0 Å². The van der Waals surface area contributed by atoms with Crippen molar-refractivity contribution in [3.05, 3.63) is 52.0 Å². The first-order chi connectivity index (χ1) is 18.3. The summed E-state index contributed by atoms with van der Waals surface area (Å²) in [6, 6.07) is 5.25. The zero-order valence-electron chi connectivity index (χ0n) is 22.1. The Morgan fingerprint density at radius 1 is 1.13 bits per heavy atom. The highest BCUT2D eigenvalue weighted by Crippen LogP contribution is 2.54. The molecule has 11 nitrogen and oxygen atoms in total. The van der Waals surface area contributed by atoms with Gasteiger partial charge in [-0.25, -0.2) is 0 Å². The summed E-state index contributed by atoms with van der Waals surface area (Å²) in [7, 11) is 7.41. The molecule has 0 aliphatic heterocycles. The first kappa shape index (κ1) is 26.5. The molecule has 0 bridgehead atoms. The molecule has 11 heteroatoms. The van der Waals surface area contributed by atoms with Gasteiger partial charge in [-0.2, -0.15) is 0 Å². The van der Waals surface area contributed by atoms with E-state index in [1.54, 1.807) is 18.2 Å². The van der Waals surface area contributed by atoms with Gasteiger partial charge in [-0.15, -0.1) is 0 Å². The number of amides is 1. The minimum absolute atomic E-state index is 0.0221. The van der Waals surface area contributed by atoms with Crippen LogP contribution in [0.4, 0.5) is 5.69 Å². The maximum atomic E-state index is 13.8. The highest BCUT2D eigenvalue weighted by molar-refractivity contribution is 6.22. The van der Waals surface area contributed by atoms with Crippen LogP contribution in [-0.4, -0.2) is 76.6 Å². The molecule has 206 valence electrons. The molecule has 2 aromatic rings. The Bertz CT molecular complexity index is 1500. The molecule has 5 rings (SSSR count). The number of furan rings is 1. The van der Waals surface area contributed by atoms with Gasteiger partial charge in [0.2, 0.25) is 5.78 Å². The van der Waals surface area contributed by atoms with Crippen molar-refractivity contribution >= 4 is 28.9 Å². The fourth-order valence-electron chi connectivity index (χ4n) is 6.18. The molecule has 0 spiro atoms. The first-order valence-electron chi connectivity index (χ1n) is 12.5. The van der Waals surface area contributed by atoms with Gasteiger partial charge < -0.3 is 40.4 Å². The van der Waals surface area contributed by atoms with E-state index in [9.17, 15) is 34.8 Å². The van der Waals surface area contributed by atoms with Gasteiger partial charge in [0, 0.05) is 37.7 Å². The Hall–Kier alpha value is -4.09. The third-order valence-corrected chi connectivity index (χ3v) is 7.92. The van der Waals surface area contributed by atoms with Gasteiger partial charge in [-0.05, 0) is 56.6 Å². The molecule has 6 N–H and O–H groups in total. The number of carbonyl (C=O) groups excluding carboxylic acids is 3. The number of phenolic OH excluding ortho intramolecular Hbond substituents is 1. The third kappa shape index (κ3) is 3.83. The van der Waals surface area contributed by atoms with E-state index in [-0.39, 0.29) is 36.1 Å². The summed E-state index contributed by atoms with van der Waals surface area (Å²) in [5, 5.41) is 45.1. The van der Waals surface area contributed by atoms with E-state index < -0.39 is 52.0 Å². The van der Waals surface area contributed by atoms with Crippen LogP contribution in [0.15, 0.2) is 39.5 Å². The van der Waals surface area contributed by atoms with E-state index >= 15 is 0 Å². The summed E-state index contributed by atoms with van der Waals surface area (Å²) < 4.78 is 5.96. The highest BCUT2D eigenvalue weighted by Gasteiger charge is 2.60. The van der Waals surface area contributed by atoms with Crippen molar-refractivity contribution in [1.82, 2.24) is 4.90 Å². The average Bonchev–Trinajstić information content (AvgIpc) is 3.28. The van der Waals surface area contributed by atoms with Crippen LogP contribution in [-0.2, 0) is 27.3 Å². The molecule has 0 radical (unpaired) electrons. The number of nitrogens with zero attached hydrogens (tertiary/aromatic N) is 2. The van der Waals surface area contributed by atoms with Gasteiger partial charge in [0.25, 0.3) is 5.91 Å². The fraction of sp³-hybridized carbons (Fsp3) is 0.393. The van der Waals surface area contributed by atoms with Crippen molar-refractivity contribution in [1.29, 1.82) is 0 Å². The summed E-state index contributed by atoms with van der Waals surface area (Å²) in [5.41, 5.74) is 3.24. The molecule has 3 aliphatic carbocycles. The number of aliphatic hydroxyl groups is 3. The van der Waals surface area contributed by atoms with Crippen molar-refractivity contribution < 1.29 is 39.2 Å². The molecule has 1 aromatic carbocycles. The van der Waals surface area contributed by atoms with Gasteiger partial charge in [-0.3, -0.25) is 14.4 Å². The maximum absolute atomic E-state index is 13.8. The number of anilines is 1. The second kappa shape index (κ2) is 8.99. The van der Waals surface area contributed by atoms with Gasteiger partial charge in [0.05, 0.1) is 17.7 Å². The molecule has 39 heavy (non-hydrogen) atoms. The monoisotopic (exact) mass is 537 g/mol. The van der Waals surface area contributed by atoms with E-state index in [4.69, 9.17) is 10.2 Å². The highest BCUT2D eigenvalue weighted by atomic mass is 16.4. The molecule has 1 fully saturated rings. The minimum atomic E-state index is -2.60. The molecular formula is C28H31N3O8. The number of aliphatic hydroxyl groups excluding tert-OH is 2.